The van der Waals surface area contributed by atoms with E-state index in [1.165, 1.54) is 12.4 Å². The highest BCUT2D eigenvalue weighted by Gasteiger charge is 2.18. The number of nitro groups is 1. The van der Waals surface area contributed by atoms with Crippen molar-refractivity contribution in [3.8, 4) is 0 Å². The van der Waals surface area contributed by atoms with Crippen LogP contribution >= 0.6 is 0 Å². The van der Waals surface area contributed by atoms with Gasteiger partial charge in [-0.3, -0.25) is 10.1 Å². The van der Waals surface area contributed by atoms with Crippen LogP contribution in [0.4, 0.5) is 11.4 Å². The molecule has 0 fully saturated rings. The van der Waals surface area contributed by atoms with Crippen LogP contribution in [0.3, 0.4) is 0 Å². The molecular formula is C8H8N4O2. The Morgan fingerprint density at radius 2 is 2.29 bits per heavy atom. The van der Waals surface area contributed by atoms with Gasteiger partial charge in [-0.25, -0.2) is 4.98 Å². The molecule has 2 N–H and O–H groups in total. The van der Waals surface area contributed by atoms with Gasteiger partial charge in [-0.15, -0.1) is 0 Å². The minimum Gasteiger partial charge on any atom is -0.393 e. The van der Waals surface area contributed by atoms with Gasteiger partial charge < -0.3 is 10.3 Å². The van der Waals surface area contributed by atoms with Crippen molar-refractivity contribution in [1.82, 2.24) is 9.55 Å². The lowest BCUT2D eigenvalue weighted by atomic mass is 10.2. The van der Waals surface area contributed by atoms with E-state index in [1.807, 2.05) is 0 Å². The van der Waals surface area contributed by atoms with E-state index in [1.54, 1.807) is 17.7 Å². The molecule has 6 nitrogen and oxygen atoms in total. The number of benzene rings is 1. The molecule has 0 aliphatic rings. The van der Waals surface area contributed by atoms with E-state index >= 15 is 0 Å². The lowest BCUT2D eigenvalue weighted by Gasteiger charge is -1.98. The Labute approximate surface area is 79.1 Å². The number of hydrogen-bond acceptors (Lipinski definition) is 4. The van der Waals surface area contributed by atoms with Crippen LogP contribution in [0, 0.1) is 10.1 Å². The first-order valence-corrected chi connectivity index (χ1v) is 3.95. The number of rotatable bonds is 1. The van der Waals surface area contributed by atoms with Gasteiger partial charge in [-0.05, 0) is 12.1 Å². The fourth-order valence-electron chi connectivity index (χ4n) is 1.39. The summed E-state index contributed by atoms with van der Waals surface area (Å²) in [6, 6.07) is 3.23. The van der Waals surface area contributed by atoms with Crippen LogP contribution in [-0.4, -0.2) is 14.5 Å². The molecule has 0 atom stereocenters. The molecule has 1 aromatic carbocycles. The van der Waals surface area contributed by atoms with Gasteiger partial charge in [0.2, 0.25) is 0 Å². The standard InChI is InChI=1S/C8H8N4O2/c1-11-4-10-7-6(11)3-2-5(9)8(7)12(13)14/h2-4H,9H2,1H3. The maximum atomic E-state index is 10.7. The van der Waals surface area contributed by atoms with Crippen LogP contribution in [0.5, 0.6) is 0 Å². The summed E-state index contributed by atoms with van der Waals surface area (Å²) in [7, 11) is 1.77. The first-order valence-electron chi connectivity index (χ1n) is 3.95. The van der Waals surface area contributed by atoms with E-state index in [0.717, 1.165) is 0 Å². The van der Waals surface area contributed by atoms with Crippen molar-refractivity contribution in [2.24, 2.45) is 7.05 Å². The molecule has 6 heteroatoms. The zero-order valence-corrected chi connectivity index (χ0v) is 7.47. The second-order valence-electron chi connectivity index (χ2n) is 2.98. The summed E-state index contributed by atoms with van der Waals surface area (Å²) in [4.78, 5) is 14.2. The zero-order valence-electron chi connectivity index (χ0n) is 7.47. The van der Waals surface area contributed by atoms with Crippen LogP contribution in [0.25, 0.3) is 11.0 Å². The number of nitrogens with two attached hydrogens (primary N) is 1. The summed E-state index contributed by atoms with van der Waals surface area (Å²) >= 11 is 0. The van der Waals surface area contributed by atoms with Crippen LogP contribution in [0.1, 0.15) is 0 Å². The number of fused-ring (bicyclic) bond motifs is 1. The molecule has 0 radical (unpaired) electrons. The van der Waals surface area contributed by atoms with Crippen molar-refractivity contribution >= 4 is 22.4 Å². The summed E-state index contributed by atoms with van der Waals surface area (Å²) in [6.07, 6.45) is 1.52. The van der Waals surface area contributed by atoms with Crippen molar-refractivity contribution in [2.75, 3.05) is 5.73 Å². The first-order chi connectivity index (χ1) is 6.61. The quantitative estimate of drug-likeness (QED) is 0.415. The van der Waals surface area contributed by atoms with E-state index in [4.69, 9.17) is 5.73 Å². The Kier molecular flexibility index (Phi) is 1.63. The molecule has 0 saturated carbocycles. The summed E-state index contributed by atoms with van der Waals surface area (Å²) in [6.45, 7) is 0. The van der Waals surface area contributed by atoms with Gasteiger partial charge in [-0.2, -0.15) is 0 Å². The second kappa shape index (κ2) is 2.69. The number of nitrogens with zero attached hydrogens (tertiary/aromatic N) is 3. The summed E-state index contributed by atoms with van der Waals surface area (Å²) in [5.74, 6) is 0. The van der Waals surface area contributed by atoms with Crippen molar-refractivity contribution in [1.29, 1.82) is 0 Å². The first kappa shape index (κ1) is 8.49. The molecule has 0 aliphatic heterocycles. The van der Waals surface area contributed by atoms with Gasteiger partial charge in [0.1, 0.15) is 5.69 Å². The third-order valence-electron chi connectivity index (χ3n) is 2.08. The average Bonchev–Trinajstić information content (AvgIpc) is 2.47. The number of imidazole rings is 1. The molecule has 0 bridgehead atoms. The number of anilines is 1. The minimum absolute atomic E-state index is 0.122. The number of aryl methyl sites for hydroxylation is 1. The number of nitrogen functional groups attached to an aromatic ring is 1. The number of nitro benzene ring substituents is 1. The van der Waals surface area contributed by atoms with Crippen molar-refractivity contribution in [2.45, 2.75) is 0 Å². The Hall–Kier alpha value is -2.11. The van der Waals surface area contributed by atoms with Gasteiger partial charge in [-0.1, -0.05) is 0 Å². The molecule has 0 amide bonds. The highest BCUT2D eigenvalue weighted by Crippen LogP contribution is 2.29. The van der Waals surface area contributed by atoms with Crippen molar-refractivity contribution in [3.63, 3.8) is 0 Å². The molecular weight excluding hydrogens is 184 g/mol. The minimum atomic E-state index is -0.509. The maximum Gasteiger partial charge on any atom is 0.319 e. The fraction of sp³-hybridized carbons (Fsp3) is 0.125. The van der Waals surface area contributed by atoms with Gasteiger partial charge in [0, 0.05) is 7.05 Å². The van der Waals surface area contributed by atoms with Gasteiger partial charge in [0.05, 0.1) is 16.8 Å². The largest absolute Gasteiger partial charge is 0.393 e. The Bertz CT molecular complexity index is 517. The van der Waals surface area contributed by atoms with E-state index < -0.39 is 4.92 Å². The molecule has 0 aliphatic carbocycles. The van der Waals surface area contributed by atoms with Crippen molar-refractivity contribution < 1.29 is 4.92 Å². The third kappa shape index (κ3) is 1.00. The predicted octanol–water partition coefficient (Wildman–Crippen LogP) is 1.06. The normalized spacial score (nSPS) is 10.6. The lowest BCUT2D eigenvalue weighted by Crippen LogP contribution is -1.96. The molecule has 0 saturated heterocycles. The van der Waals surface area contributed by atoms with Gasteiger partial charge in [0.15, 0.2) is 5.52 Å². The number of aromatic nitrogens is 2. The van der Waals surface area contributed by atoms with Crippen LogP contribution in [-0.2, 0) is 7.05 Å². The highest BCUT2D eigenvalue weighted by atomic mass is 16.6. The predicted molar refractivity (Wildman–Crippen MR) is 51.8 cm³/mol. The van der Waals surface area contributed by atoms with Gasteiger partial charge in [0.25, 0.3) is 0 Å². The molecule has 14 heavy (non-hydrogen) atoms. The van der Waals surface area contributed by atoms with E-state index in [-0.39, 0.29) is 11.4 Å². The molecule has 72 valence electrons. The maximum absolute atomic E-state index is 10.7. The SMILES string of the molecule is Cn1cnc2c([N+](=O)[O-])c(N)ccc21. The smallest absolute Gasteiger partial charge is 0.319 e. The summed E-state index contributed by atoms with van der Waals surface area (Å²) < 4.78 is 1.71. The van der Waals surface area contributed by atoms with Gasteiger partial charge >= 0.3 is 5.69 Å². The summed E-state index contributed by atoms with van der Waals surface area (Å²) in [5.41, 5.74) is 6.55. The Morgan fingerprint density at radius 3 is 2.93 bits per heavy atom. The monoisotopic (exact) mass is 192 g/mol. The van der Waals surface area contributed by atoms with Crippen LogP contribution in [0.2, 0.25) is 0 Å². The van der Waals surface area contributed by atoms with E-state index in [0.29, 0.717) is 11.0 Å². The fourth-order valence-corrected chi connectivity index (χ4v) is 1.39. The van der Waals surface area contributed by atoms with Crippen LogP contribution in [0.15, 0.2) is 18.5 Å². The average molecular weight is 192 g/mol. The molecule has 2 rings (SSSR count). The molecule has 1 heterocycles. The van der Waals surface area contributed by atoms with Crippen LogP contribution < -0.4 is 5.73 Å². The molecule has 1 aromatic heterocycles. The Morgan fingerprint density at radius 1 is 1.57 bits per heavy atom. The van der Waals surface area contributed by atoms with Crippen molar-refractivity contribution in [3.05, 3.63) is 28.6 Å². The lowest BCUT2D eigenvalue weighted by molar-refractivity contribution is -0.382. The van der Waals surface area contributed by atoms with E-state index in [9.17, 15) is 10.1 Å². The Balaban J connectivity index is 2.90. The highest BCUT2D eigenvalue weighted by molar-refractivity contribution is 5.90. The molecule has 0 unspecified atom stereocenters. The zero-order chi connectivity index (χ0) is 10.3. The molecule has 2 aromatic rings. The molecule has 0 spiro atoms. The number of hydrogen-bond donors (Lipinski definition) is 1. The second-order valence-corrected chi connectivity index (χ2v) is 2.98. The summed E-state index contributed by atoms with van der Waals surface area (Å²) in [5, 5.41) is 10.7. The van der Waals surface area contributed by atoms with E-state index in [2.05, 4.69) is 4.98 Å². The topological polar surface area (TPSA) is 87.0 Å². The third-order valence-corrected chi connectivity index (χ3v) is 2.08.